The highest BCUT2D eigenvalue weighted by atomic mass is 19.1. The summed E-state index contributed by atoms with van der Waals surface area (Å²) in [4.78, 5) is 19.1. The first-order valence-corrected chi connectivity index (χ1v) is 7.19. The summed E-state index contributed by atoms with van der Waals surface area (Å²) in [5.41, 5.74) is 1.53. The van der Waals surface area contributed by atoms with Crippen LogP contribution < -0.4 is 9.64 Å². The average molecular weight is 303 g/mol. The Bertz CT molecular complexity index is 649. The van der Waals surface area contributed by atoms with Crippen molar-refractivity contribution in [3.63, 3.8) is 0 Å². The normalized spacial score (nSPS) is 15.0. The maximum atomic E-state index is 13.3. The number of methoxy groups -OCH3 is 1. The van der Waals surface area contributed by atoms with Crippen LogP contribution in [0.2, 0.25) is 0 Å². The molecule has 1 aliphatic rings. The number of halogens is 1. The molecule has 2 heterocycles. The van der Waals surface area contributed by atoms with Crippen molar-refractivity contribution in [3.05, 3.63) is 48.0 Å². The molecule has 0 unspecified atom stereocenters. The molecule has 0 aliphatic carbocycles. The smallest absolute Gasteiger partial charge is 0.255 e. The third-order valence-corrected chi connectivity index (χ3v) is 3.89. The maximum absolute atomic E-state index is 13.3. The van der Waals surface area contributed by atoms with Gasteiger partial charge in [-0.1, -0.05) is 0 Å². The van der Waals surface area contributed by atoms with Gasteiger partial charge in [-0.3, -0.25) is 4.79 Å². The van der Waals surface area contributed by atoms with Crippen molar-refractivity contribution in [1.82, 2.24) is 9.88 Å². The number of benzene rings is 1. The molecule has 5 nitrogen and oxygen atoms in total. The lowest BCUT2D eigenvalue weighted by molar-refractivity contribution is 0.0747. The standard InChI is InChI=1S/C16H18FN3O2/c1-22-15-10-13(17)2-3-14(15)19-6-8-20(9-7-19)16(21)12-4-5-18-11-12/h2-5,10-11,18H,6-9H2,1H3. The zero-order valence-corrected chi connectivity index (χ0v) is 12.4. The van der Waals surface area contributed by atoms with E-state index in [2.05, 4.69) is 9.88 Å². The summed E-state index contributed by atoms with van der Waals surface area (Å²) < 4.78 is 18.5. The zero-order valence-electron chi connectivity index (χ0n) is 12.4. The van der Waals surface area contributed by atoms with E-state index in [0.29, 0.717) is 37.5 Å². The van der Waals surface area contributed by atoms with Gasteiger partial charge in [-0.2, -0.15) is 0 Å². The molecule has 0 atom stereocenters. The van der Waals surface area contributed by atoms with E-state index in [1.807, 2.05) is 4.90 Å². The lowest BCUT2D eigenvalue weighted by Crippen LogP contribution is -2.48. The molecule has 1 fully saturated rings. The van der Waals surface area contributed by atoms with Gasteiger partial charge in [0.15, 0.2) is 0 Å². The monoisotopic (exact) mass is 303 g/mol. The van der Waals surface area contributed by atoms with Gasteiger partial charge in [-0.15, -0.1) is 0 Å². The number of anilines is 1. The minimum Gasteiger partial charge on any atom is -0.494 e. The molecule has 0 saturated carbocycles. The first-order chi connectivity index (χ1) is 10.7. The molecule has 1 amide bonds. The number of carbonyl (C=O) groups is 1. The van der Waals surface area contributed by atoms with Gasteiger partial charge >= 0.3 is 0 Å². The van der Waals surface area contributed by atoms with Gasteiger partial charge in [0.05, 0.1) is 18.4 Å². The Morgan fingerprint density at radius 1 is 1.23 bits per heavy atom. The Labute approximate surface area is 128 Å². The van der Waals surface area contributed by atoms with E-state index in [4.69, 9.17) is 4.74 Å². The van der Waals surface area contributed by atoms with Crippen molar-refractivity contribution in [2.45, 2.75) is 0 Å². The molecule has 1 aromatic heterocycles. The Balaban J connectivity index is 1.68. The van der Waals surface area contributed by atoms with E-state index >= 15 is 0 Å². The molecule has 3 rings (SSSR count). The van der Waals surface area contributed by atoms with E-state index in [0.717, 1.165) is 5.69 Å². The molecule has 1 aromatic carbocycles. The van der Waals surface area contributed by atoms with Gasteiger partial charge in [0.2, 0.25) is 0 Å². The quantitative estimate of drug-likeness (QED) is 0.945. The number of hydrogen-bond acceptors (Lipinski definition) is 3. The molecule has 1 N–H and O–H groups in total. The van der Waals surface area contributed by atoms with Gasteiger partial charge in [0.1, 0.15) is 11.6 Å². The van der Waals surface area contributed by atoms with Crippen molar-refractivity contribution in [3.8, 4) is 5.75 Å². The second kappa shape index (κ2) is 6.09. The topological polar surface area (TPSA) is 48.6 Å². The number of H-pyrrole nitrogens is 1. The van der Waals surface area contributed by atoms with Gasteiger partial charge in [-0.25, -0.2) is 4.39 Å². The molecule has 1 aliphatic heterocycles. The molecular formula is C16H18FN3O2. The fraction of sp³-hybridized carbons (Fsp3) is 0.312. The number of aromatic amines is 1. The molecule has 0 radical (unpaired) electrons. The van der Waals surface area contributed by atoms with Crippen LogP contribution in [-0.4, -0.2) is 49.1 Å². The number of nitrogens with zero attached hydrogens (tertiary/aromatic N) is 2. The van der Waals surface area contributed by atoms with Gasteiger partial charge in [0, 0.05) is 44.6 Å². The van der Waals surface area contributed by atoms with Crippen LogP contribution in [0.1, 0.15) is 10.4 Å². The largest absolute Gasteiger partial charge is 0.494 e. The van der Waals surface area contributed by atoms with Crippen LogP contribution in [0, 0.1) is 5.82 Å². The predicted molar refractivity (Wildman–Crippen MR) is 81.9 cm³/mol. The maximum Gasteiger partial charge on any atom is 0.255 e. The van der Waals surface area contributed by atoms with Crippen LogP contribution >= 0.6 is 0 Å². The van der Waals surface area contributed by atoms with E-state index < -0.39 is 0 Å². The number of hydrogen-bond donors (Lipinski definition) is 1. The molecule has 2 aromatic rings. The minimum absolute atomic E-state index is 0.0342. The summed E-state index contributed by atoms with van der Waals surface area (Å²) >= 11 is 0. The summed E-state index contributed by atoms with van der Waals surface area (Å²) in [5, 5.41) is 0. The Kier molecular flexibility index (Phi) is 4.00. The zero-order chi connectivity index (χ0) is 15.5. The average Bonchev–Trinajstić information content (AvgIpc) is 3.08. The number of amides is 1. The third kappa shape index (κ3) is 2.77. The van der Waals surface area contributed by atoms with Crippen molar-refractivity contribution >= 4 is 11.6 Å². The van der Waals surface area contributed by atoms with Crippen LogP contribution in [0.4, 0.5) is 10.1 Å². The van der Waals surface area contributed by atoms with Crippen molar-refractivity contribution in [2.24, 2.45) is 0 Å². The molecule has 116 valence electrons. The molecule has 22 heavy (non-hydrogen) atoms. The number of aromatic nitrogens is 1. The molecule has 1 saturated heterocycles. The highest BCUT2D eigenvalue weighted by molar-refractivity contribution is 5.94. The number of ether oxygens (including phenoxy) is 1. The summed E-state index contributed by atoms with van der Waals surface area (Å²) in [5.74, 6) is 0.235. The Morgan fingerprint density at radius 2 is 2.00 bits per heavy atom. The predicted octanol–water partition coefficient (Wildman–Crippen LogP) is 2.12. The van der Waals surface area contributed by atoms with Gasteiger partial charge in [0.25, 0.3) is 5.91 Å². The fourth-order valence-electron chi connectivity index (χ4n) is 2.70. The summed E-state index contributed by atoms with van der Waals surface area (Å²) in [6.45, 7) is 2.64. The summed E-state index contributed by atoms with van der Waals surface area (Å²) in [7, 11) is 1.53. The number of carbonyl (C=O) groups excluding carboxylic acids is 1. The summed E-state index contributed by atoms with van der Waals surface area (Å²) in [6.07, 6.45) is 3.45. The van der Waals surface area contributed by atoms with E-state index in [-0.39, 0.29) is 11.7 Å². The second-order valence-electron chi connectivity index (χ2n) is 5.20. The van der Waals surface area contributed by atoms with E-state index in [1.165, 1.54) is 19.2 Å². The molecule has 0 spiro atoms. The Morgan fingerprint density at radius 3 is 2.64 bits per heavy atom. The van der Waals surface area contributed by atoms with E-state index in [9.17, 15) is 9.18 Å². The molecular weight excluding hydrogens is 285 g/mol. The van der Waals surface area contributed by atoms with Crippen LogP contribution in [0.25, 0.3) is 0 Å². The van der Waals surface area contributed by atoms with Crippen LogP contribution in [0.5, 0.6) is 5.75 Å². The van der Waals surface area contributed by atoms with Crippen molar-refractivity contribution in [1.29, 1.82) is 0 Å². The molecule has 0 bridgehead atoms. The first kappa shape index (κ1) is 14.4. The van der Waals surface area contributed by atoms with Gasteiger partial charge < -0.3 is 19.5 Å². The lowest BCUT2D eigenvalue weighted by Gasteiger charge is -2.36. The highest BCUT2D eigenvalue weighted by Crippen LogP contribution is 2.29. The van der Waals surface area contributed by atoms with E-state index in [1.54, 1.807) is 24.5 Å². The highest BCUT2D eigenvalue weighted by Gasteiger charge is 2.24. The summed E-state index contributed by atoms with van der Waals surface area (Å²) in [6, 6.07) is 6.30. The van der Waals surface area contributed by atoms with Crippen molar-refractivity contribution < 1.29 is 13.9 Å². The fourth-order valence-corrected chi connectivity index (χ4v) is 2.70. The third-order valence-electron chi connectivity index (χ3n) is 3.89. The second-order valence-corrected chi connectivity index (χ2v) is 5.20. The lowest BCUT2D eigenvalue weighted by atomic mass is 10.2. The van der Waals surface area contributed by atoms with Crippen LogP contribution in [0.15, 0.2) is 36.7 Å². The number of rotatable bonds is 3. The van der Waals surface area contributed by atoms with Crippen molar-refractivity contribution in [2.75, 3.05) is 38.2 Å². The van der Waals surface area contributed by atoms with Crippen LogP contribution in [-0.2, 0) is 0 Å². The van der Waals surface area contributed by atoms with Crippen LogP contribution in [0.3, 0.4) is 0 Å². The number of nitrogens with one attached hydrogen (secondary N) is 1. The number of piperazine rings is 1. The Hall–Kier alpha value is -2.50. The SMILES string of the molecule is COc1cc(F)ccc1N1CCN(C(=O)c2cc[nH]c2)CC1. The minimum atomic E-state index is -0.318. The molecule has 6 heteroatoms. The first-order valence-electron chi connectivity index (χ1n) is 7.19. The van der Waals surface area contributed by atoms with Gasteiger partial charge in [-0.05, 0) is 18.2 Å².